The second-order valence-corrected chi connectivity index (χ2v) is 12.0. The molecule has 0 bridgehead atoms. The number of aryl methyl sites for hydroxylation is 1. The van der Waals surface area contributed by atoms with Crippen molar-refractivity contribution in [3.05, 3.63) is 46.7 Å². The summed E-state index contributed by atoms with van der Waals surface area (Å²) in [7, 11) is 5.56. The Morgan fingerprint density at radius 3 is 2.82 bits per heavy atom. The van der Waals surface area contributed by atoms with E-state index in [1.165, 1.54) is 17.5 Å². The Hall–Kier alpha value is -3.07. The molecule has 0 saturated carbocycles. The number of aliphatic imine (C=N–C) groups is 1. The summed E-state index contributed by atoms with van der Waals surface area (Å²) in [5.74, 6) is 2.26. The molecule has 1 aromatic heterocycles. The smallest absolute Gasteiger partial charge is 0.238 e. The van der Waals surface area contributed by atoms with Gasteiger partial charge in [-0.25, -0.2) is 9.98 Å². The number of rotatable bonds is 13. The van der Waals surface area contributed by atoms with Crippen LogP contribution in [-0.4, -0.2) is 128 Å². The first-order valence-electron chi connectivity index (χ1n) is 15.4. The molecular formula is C31H47N7O6. The highest BCUT2D eigenvalue weighted by Crippen LogP contribution is 2.30. The molecule has 3 aliphatic heterocycles. The molecule has 3 atom stereocenters. The van der Waals surface area contributed by atoms with E-state index < -0.39 is 12.1 Å². The van der Waals surface area contributed by atoms with E-state index in [0.29, 0.717) is 45.9 Å². The molecule has 3 aliphatic rings. The number of oxazole rings is 1. The van der Waals surface area contributed by atoms with Crippen LogP contribution in [0.25, 0.3) is 0 Å². The normalized spacial score (nSPS) is 21.8. The zero-order valence-electron chi connectivity index (χ0n) is 26.5. The average Bonchev–Trinajstić information content (AvgIpc) is 3.41. The highest BCUT2D eigenvalue weighted by molar-refractivity contribution is 5.92. The number of amides is 1. The summed E-state index contributed by atoms with van der Waals surface area (Å²) in [6.07, 6.45) is 1.77. The maximum absolute atomic E-state index is 13.4. The number of methoxy groups -OCH3 is 1. The van der Waals surface area contributed by atoms with Gasteiger partial charge < -0.3 is 34.4 Å². The molecule has 4 heterocycles. The Kier molecular flexibility index (Phi) is 10.9. The minimum Gasteiger partial charge on any atom is -0.485 e. The van der Waals surface area contributed by atoms with Crippen LogP contribution in [0.1, 0.15) is 34.6 Å². The summed E-state index contributed by atoms with van der Waals surface area (Å²) >= 11 is 0. The number of nitrogens with one attached hydrogen (secondary N) is 2. The molecule has 1 amide bonds. The van der Waals surface area contributed by atoms with Crippen molar-refractivity contribution in [1.82, 2.24) is 30.3 Å². The summed E-state index contributed by atoms with van der Waals surface area (Å²) in [5, 5.41) is 17.4. The van der Waals surface area contributed by atoms with Crippen molar-refractivity contribution in [2.24, 2.45) is 4.99 Å². The van der Waals surface area contributed by atoms with E-state index in [9.17, 15) is 9.90 Å². The van der Waals surface area contributed by atoms with Gasteiger partial charge in [-0.2, -0.15) is 0 Å². The number of hydrogen-bond donors (Lipinski definition) is 3. The first kappa shape index (κ1) is 32.3. The van der Waals surface area contributed by atoms with Gasteiger partial charge in [0, 0.05) is 46.3 Å². The van der Waals surface area contributed by atoms with Crippen LogP contribution in [0, 0.1) is 13.8 Å². The molecule has 5 rings (SSSR count). The summed E-state index contributed by atoms with van der Waals surface area (Å²) in [4.78, 5) is 28.7. The van der Waals surface area contributed by atoms with Gasteiger partial charge in [-0.15, -0.1) is 0 Å². The van der Waals surface area contributed by atoms with Crippen molar-refractivity contribution >= 4 is 11.7 Å². The summed E-state index contributed by atoms with van der Waals surface area (Å²) < 4.78 is 22.0. The molecule has 44 heavy (non-hydrogen) atoms. The molecule has 3 N–H and O–H groups in total. The van der Waals surface area contributed by atoms with Crippen LogP contribution in [-0.2, 0) is 33.8 Å². The molecule has 0 spiro atoms. The van der Waals surface area contributed by atoms with Crippen LogP contribution < -0.4 is 15.4 Å². The Morgan fingerprint density at radius 1 is 1.30 bits per heavy atom. The standard InChI is InChI=1S/C31H47N7O6/c1-20-25-8-9-38(14-22(25)6-7-27(20)43-18-28-21(2)33-19-44-28)15-24(39)13-32-30(40)26-12-29(34-23-16-42-17-23)35-31(37(26)4)36(3)10-11-41-5/h6-7,19,23-24,26,31,39H,8-18H2,1-5H3,(H,32,40)(H,34,35)/t24-,26?,31?/m0/s1. The lowest BCUT2D eigenvalue weighted by Crippen LogP contribution is -2.61. The predicted octanol–water partition coefficient (Wildman–Crippen LogP) is 0.658. The van der Waals surface area contributed by atoms with Gasteiger partial charge in [-0.1, -0.05) is 6.07 Å². The van der Waals surface area contributed by atoms with Crippen LogP contribution in [0.15, 0.2) is 27.9 Å². The van der Waals surface area contributed by atoms with E-state index in [0.717, 1.165) is 48.1 Å². The molecule has 2 unspecified atom stereocenters. The van der Waals surface area contributed by atoms with Crippen LogP contribution in [0.5, 0.6) is 5.75 Å². The van der Waals surface area contributed by atoms with E-state index in [1.807, 2.05) is 32.0 Å². The number of carbonyl (C=O) groups excluding carboxylic acids is 1. The number of hydrogen-bond acceptors (Lipinski definition) is 12. The molecule has 1 aromatic carbocycles. The number of fused-ring (bicyclic) bond motifs is 1. The maximum atomic E-state index is 13.4. The molecule has 13 heteroatoms. The number of aromatic nitrogens is 1. The molecule has 2 aromatic rings. The molecule has 1 fully saturated rings. The zero-order chi connectivity index (χ0) is 31.2. The SMILES string of the molecule is COCCN(C)C1N=C(NC2COC2)CC(C(=O)NC[C@H](O)CN2CCc3c(ccc(OCc4ocnc4C)c3C)C2)N1C. The minimum atomic E-state index is -0.693. The Bertz CT molecular complexity index is 1300. The Labute approximate surface area is 259 Å². The largest absolute Gasteiger partial charge is 0.485 e. The minimum absolute atomic E-state index is 0.122. The third-order valence-corrected chi connectivity index (χ3v) is 8.77. The lowest BCUT2D eigenvalue weighted by molar-refractivity contribution is -0.129. The average molecular weight is 614 g/mol. The van der Waals surface area contributed by atoms with Crippen molar-refractivity contribution in [2.45, 2.75) is 64.3 Å². The van der Waals surface area contributed by atoms with E-state index in [2.05, 4.69) is 38.4 Å². The van der Waals surface area contributed by atoms with Crippen LogP contribution in [0.4, 0.5) is 0 Å². The molecule has 13 nitrogen and oxygen atoms in total. The van der Waals surface area contributed by atoms with Crippen molar-refractivity contribution in [3.8, 4) is 5.75 Å². The number of aliphatic hydroxyl groups is 1. The van der Waals surface area contributed by atoms with Crippen molar-refractivity contribution in [1.29, 1.82) is 0 Å². The number of aliphatic hydroxyl groups excluding tert-OH is 1. The molecule has 0 aliphatic carbocycles. The Balaban J connectivity index is 1.12. The fourth-order valence-electron chi connectivity index (χ4n) is 5.96. The van der Waals surface area contributed by atoms with Gasteiger partial charge in [-0.05, 0) is 57.1 Å². The lowest BCUT2D eigenvalue weighted by Gasteiger charge is -2.42. The Morgan fingerprint density at radius 2 is 2.11 bits per heavy atom. The topological polar surface area (TPSA) is 137 Å². The van der Waals surface area contributed by atoms with E-state index in [-0.39, 0.29) is 24.8 Å². The molecule has 242 valence electrons. The molecule has 0 radical (unpaired) electrons. The van der Waals surface area contributed by atoms with Crippen molar-refractivity contribution < 1.29 is 28.5 Å². The number of ether oxygens (including phenoxy) is 3. The highest BCUT2D eigenvalue weighted by atomic mass is 16.5. The number of β-amino-alcohol motifs (C(OH)–C–C–N with tert-alkyl or cyclic N) is 1. The fourth-order valence-corrected chi connectivity index (χ4v) is 5.96. The van der Waals surface area contributed by atoms with Gasteiger partial charge in [0.15, 0.2) is 18.4 Å². The lowest BCUT2D eigenvalue weighted by atomic mass is 9.94. The van der Waals surface area contributed by atoms with Crippen LogP contribution >= 0.6 is 0 Å². The first-order chi connectivity index (χ1) is 21.2. The third-order valence-electron chi connectivity index (χ3n) is 8.77. The summed E-state index contributed by atoms with van der Waals surface area (Å²) in [5.41, 5.74) is 4.50. The van der Waals surface area contributed by atoms with Gasteiger partial charge in [-0.3, -0.25) is 19.5 Å². The van der Waals surface area contributed by atoms with Gasteiger partial charge in [0.25, 0.3) is 0 Å². The van der Waals surface area contributed by atoms with Crippen LogP contribution in [0.3, 0.4) is 0 Å². The van der Waals surface area contributed by atoms with Gasteiger partial charge in [0.05, 0.1) is 43.7 Å². The molecule has 1 saturated heterocycles. The van der Waals surface area contributed by atoms with Crippen LogP contribution in [0.2, 0.25) is 0 Å². The van der Waals surface area contributed by atoms with Crippen molar-refractivity contribution in [3.63, 3.8) is 0 Å². The first-order valence-corrected chi connectivity index (χ1v) is 15.4. The van der Waals surface area contributed by atoms with Gasteiger partial charge >= 0.3 is 0 Å². The van der Waals surface area contributed by atoms with E-state index >= 15 is 0 Å². The second kappa shape index (κ2) is 14.8. The fraction of sp³-hybridized carbons (Fsp3) is 0.645. The predicted molar refractivity (Wildman–Crippen MR) is 164 cm³/mol. The summed E-state index contributed by atoms with van der Waals surface area (Å²) in [6.45, 7) is 9.07. The summed E-state index contributed by atoms with van der Waals surface area (Å²) in [6, 6.07) is 3.90. The van der Waals surface area contributed by atoms with Gasteiger partial charge in [0.1, 0.15) is 18.2 Å². The number of carbonyl (C=O) groups is 1. The highest BCUT2D eigenvalue weighted by Gasteiger charge is 2.37. The number of nitrogens with zero attached hydrogens (tertiary/aromatic N) is 5. The second-order valence-electron chi connectivity index (χ2n) is 12.0. The third kappa shape index (κ3) is 7.76. The zero-order valence-corrected chi connectivity index (χ0v) is 26.5. The molecular weight excluding hydrogens is 566 g/mol. The number of amidine groups is 1. The monoisotopic (exact) mass is 613 g/mol. The quantitative estimate of drug-likeness (QED) is 0.294. The van der Waals surface area contributed by atoms with Gasteiger partial charge in [0.2, 0.25) is 5.91 Å². The number of benzene rings is 1. The van der Waals surface area contributed by atoms with E-state index in [1.54, 1.807) is 7.11 Å². The maximum Gasteiger partial charge on any atom is 0.238 e. The number of likely N-dealkylation sites (N-methyl/N-ethyl adjacent to an activating group) is 2. The van der Waals surface area contributed by atoms with E-state index in [4.69, 9.17) is 23.6 Å². The van der Waals surface area contributed by atoms with Crippen molar-refractivity contribution in [2.75, 3.05) is 67.2 Å².